The van der Waals surface area contributed by atoms with Gasteiger partial charge in [0.05, 0.1) is 24.5 Å². The van der Waals surface area contributed by atoms with Crippen molar-refractivity contribution in [3.05, 3.63) is 71.0 Å². The average Bonchev–Trinajstić information content (AvgIpc) is 3.17. The number of fused-ring (bicyclic) bond motifs is 1. The molecule has 8 nitrogen and oxygen atoms in total. The average molecular weight is 467 g/mol. The van der Waals surface area contributed by atoms with E-state index in [4.69, 9.17) is 11.6 Å². The molecule has 172 valence electrons. The summed E-state index contributed by atoms with van der Waals surface area (Å²) in [5, 5.41) is 27.5. The highest BCUT2D eigenvalue weighted by Gasteiger charge is 2.24. The third-order valence-electron chi connectivity index (χ3n) is 5.55. The maximum absolute atomic E-state index is 10.4. The fourth-order valence-electron chi connectivity index (χ4n) is 3.27. The summed E-state index contributed by atoms with van der Waals surface area (Å²) in [5.41, 5.74) is 2.04. The lowest BCUT2D eigenvalue weighted by molar-refractivity contribution is 0.0646. The number of imidazole rings is 1. The molecule has 9 heteroatoms. The quantitative estimate of drug-likeness (QED) is 0.304. The Hall–Kier alpha value is -3.36. The Morgan fingerprint density at radius 2 is 1.88 bits per heavy atom. The minimum absolute atomic E-state index is 0.140. The molecule has 0 saturated heterocycles. The molecule has 4 rings (SSSR count). The SMILES string of the molecule is CC(Nc1nc(NCc2cc(Cl)ccc2O)c2ncn(Cc3ccccc3)c2n1)C(C)(C)O. The topological polar surface area (TPSA) is 108 Å². The summed E-state index contributed by atoms with van der Waals surface area (Å²) < 4.78 is 1.95. The van der Waals surface area contributed by atoms with Crippen LogP contribution in [-0.4, -0.2) is 41.4 Å². The maximum Gasteiger partial charge on any atom is 0.227 e. The second-order valence-corrected chi connectivity index (χ2v) is 9.01. The van der Waals surface area contributed by atoms with Gasteiger partial charge in [0, 0.05) is 17.1 Å². The van der Waals surface area contributed by atoms with Crippen LogP contribution in [-0.2, 0) is 13.1 Å². The van der Waals surface area contributed by atoms with Crippen LogP contribution < -0.4 is 10.6 Å². The van der Waals surface area contributed by atoms with Crippen LogP contribution in [0.2, 0.25) is 5.02 Å². The van der Waals surface area contributed by atoms with E-state index < -0.39 is 5.60 Å². The van der Waals surface area contributed by atoms with E-state index in [0.29, 0.717) is 46.6 Å². The van der Waals surface area contributed by atoms with E-state index in [1.807, 2.05) is 41.8 Å². The summed E-state index contributed by atoms with van der Waals surface area (Å²) in [6.45, 7) is 6.22. The number of aromatic hydroxyl groups is 1. The van der Waals surface area contributed by atoms with Crippen molar-refractivity contribution in [3.8, 4) is 5.75 Å². The van der Waals surface area contributed by atoms with Gasteiger partial charge in [0.2, 0.25) is 5.95 Å². The Kier molecular flexibility index (Phi) is 6.40. The van der Waals surface area contributed by atoms with Crippen molar-refractivity contribution in [2.24, 2.45) is 0 Å². The van der Waals surface area contributed by atoms with E-state index in [2.05, 4.69) is 25.6 Å². The molecule has 0 amide bonds. The Morgan fingerprint density at radius 1 is 1.12 bits per heavy atom. The summed E-state index contributed by atoms with van der Waals surface area (Å²) in [6.07, 6.45) is 1.73. The van der Waals surface area contributed by atoms with Crippen LogP contribution in [0.25, 0.3) is 11.2 Å². The molecule has 0 saturated carbocycles. The molecule has 0 aliphatic carbocycles. The molecule has 0 bridgehead atoms. The van der Waals surface area contributed by atoms with Crippen molar-refractivity contribution in [2.45, 2.75) is 45.5 Å². The minimum Gasteiger partial charge on any atom is -0.508 e. The molecular formula is C24H27ClN6O2. The van der Waals surface area contributed by atoms with Crippen molar-refractivity contribution in [1.29, 1.82) is 0 Å². The molecule has 0 spiro atoms. The predicted molar refractivity (Wildman–Crippen MR) is 131 cm³/mol. The lowest BCUT2D eigenvalue weighted by Gasteiger charge is -2.26. The highest BCUT2D eigenvalue weighted by Crippen LogP contribution is 2.26. The molecular weight excluding hydrogens is 440 g/mol. The number of anilines is 2. The maximum atomic E-state index is 10.4. The molecule has 0 fully saturated rings. The molecule has 2 aromatic heterocycles. The predicted octanol–water partition coefficient (Wildman–Crippen LogP) is 4.42. The zero-order valence-electron chi connectivity index (χ0n) is 18.7. The van der Waals surface area contributed by atoms with Crippen LogP contribution in [0, 0.1) is 0 Å². The number of aromatic nitrogens is 4. The molecule has 4 N–H and O–H groups in total. The van der Waals surface area contributed by atoms with Gasteiger partial charge in [-0.05, 0) is 44.5 Å². The lowest BCUT2D eigenvalue weighted by atomic mass is 10.0. The van der Waals surface area contributed by atoms with Gasteiger partial charge in [0.15, 0.2) is 17.0 Å². The molecule has 1 unspecified atom stereocenters. The number of phenols is 1. The number of benzene rings is 2. The first-order valence-corrected chi connectivity index (χ1v) is 11.1. The van der Waals surface area contributed by atoms with Gasteiger partial charge in [-0.25, -0.2) is 4.98 Å². The lowest BCUT2D eigenvalue weighted by Crippen LogP contribution is -2.39. The summed E-state index contributed by atoms with van der Waals surface area (Å²) >= 11 is 6.09. The van der Waals surface area contributed by atoms with Gasteiger partial charge in [0.1, 0.15) is 5.75 Å². The Balaban J connectivity index is 1.71. The van der Waals surface area contributed by atoms with Gasteiger partial charge in [-0.3, -0.25) is 0 Å². The molecule has 0 radical (unpaired) electrons. The standard InChI is InChI=1S/C24H27ClN6O2/c1-15(24(2,3)33)28-23-29-21(26-12-17-11-18(25)9-10-19(17)32)20-22(30-23)31(14-27-20)13-16-7-5-4-6-8-16/h4-11,14-15,32-33H,12-13H2,1-3H3,(H2,26,28,29,30). The molecule has 2 aromatic carbocycles. The number of hydrogen-bond acceptors (Lipinski definition) is 7. The van der Waals surface area contributed by atoms with Gasteiger partial charge < -0.3 is 25.4 Å². The zero-order valence-corrected chi connectivity index (χ0v) is 19.5. The Bertz CT molecular complexity index is 1250. The van der Waals surface area contributed by atoms with Crippen LogP contribution >= 0.6 is 11.6 Å². The highest BCUT2D eigenvalue weighted by atomic mass is 35.5. The number of hydrogen-bond donors (Lipinski definition) is 4. The minimum atomic E-state index is -0.969. The van der Waals surface area contributed by atoms with Crippen LogP contribution in [0.15, 0.2) is 54.9 Å². The number of phenolic OH excluding ortho intramolecular Hbond substituents is 1. The number of halogens is 1. The summed E-state index contributed by atoms with van der Waals surface area (Å²) in [6, 6.07) is 14.6. The largest absolute Gasteiger partial charge is 0.508 e. The van der Waals surface area contributed by atoms with Gasteiger partial charge in [0.25, 0.3) is 0 Å². The van der Waals surface area contributed by atoms with E-state index in [1.165, 1.54) is 0 Å². The highest BCUT2D eigenvalue weighted by molar-refractivity contribution is 6.30. The first-order chi connectivity index (χ1) is 15.7. The van der Waals surface area contributed by atoms with Crippen molar-refractivity contribution in [1.82, 2.24) is 19.5 Å². The van der Waals surface area contributed by atoms with Crippen molar-refractivity contribution in [3.63, 3.8) is 0 Å². The number of rotatable bonds is 8. The molecule has 4 aromatic rings. The first kappa shape index (κ1) is 22.8. The Labute approximate surface area is 197 Å². The number of nitrogens with one attached hydrogen (secondary N) is 2. The van der Waals surface area contributed by atoms with Crippen LogP contribution in [0.1, 0.15) is 31.9 Å². The van der Waals surface area contributed by atoms with Gasteiger partial charge in [-0.15, -0.1) is 0 Å². The van der Waals surface area contributed by atoms with Crippen molar-refractivity contribution >= 4 is 34.5 Å². The van der Waals surface area contributed by atoms with E-state index in [0.717, 1.165) is 5.56 Å². The number of aliphatic hydroxyl groups is 1. The molecule has 0 aliphatic rings. The van der Waals surface area contributed by atoms with Crippen molar-refractivity contribution < 1.29 is 10.2 Å². The van der Waals surface area contributed by atoms with Gasteiger partial charge in [-0.1, -0.05) is 41.9 Å². The third-order valence-corrected chi connectivity index (χ3v) is 5.79. The van der Waals surface area contributed by atoms with Crippen LogP contribution in [0.4, 0.5) is 11.8 Å². The van der Waals surface area contributed by atoms with Gasteiger partial charge >= 0.3 is 0 Å². The van der Waals surface area contributed by atoms with E-state index in [1.54, 1.807) is 38.4 Å². The summed E-state index contributed by atoms with van der Waals surface area (Å²) in [7, 11) is 0. The zero-order chi connectivity index (χ0) is 23.6. The summed E-state index contributed by atoms with van der Waals surface area (Å²) in [4.78, 5) is 13.8. The molecule has 33 heavy (non-hydrogen) atoms. The second-order valence-electron chi connectivity index (χ2n) is 8.57. The first-order valence-electron chi connectivity index (χ1n) is 10.7. The van der Waals surface area contributed by atoms with Crippen molar-refractivity contribution in [2.75, 3.05) is 10.6 Å². The second kappa shape index (κ2) is 9.25. The molecule has 1 atom stereocenters. The van der Waals surface area contributed by atoms with E-state index in [9.17, 15) is 10.2 Å². The third kappa shape index (κ3) is 5.35. The fraction of sp³-hybridized carbons (Fsp3) is 0.292. The normalized spacial score (nSPS) is 12.6. The number of nitrogens with zero attached hydrogens (tertiary/aromatic N) is 4. The summed E-state index contributed by atoms with van der Waals surface area (Å²) in [5.74, 6) is 1.02. The fourth-order valence-corrected chi connectivity index (χ4v) is 3.47. The van der Waals surface area contributed by atoms with E-state index >= 15 is 0 Å². The van der Waals surface area contributed by atoms with E-state index in [-0.39, 0.29) is 11.8 Å². The van der Waals surface area contributed by atoms with Crippen LogP contribution in [0.3, 0.4) is 0 Å². The molecule has 0 aliphatic heterocycles. The van der Waals surface area contributed by atoms with Gasteiger partial charge in [-0.2, -0.15) is 9.97 Å². The Morgan fingerprint density at radius 3 is 2.61 bits per heavy atom. The monoisotopic (exact) mass is 466 g/mol. The smallest absolute Gasteiger partial charge is 0.227 e. The molecule has 2 heterocycles. The van der Waals surface area contributed by atoms with Crippen LogP contribution in [0.5, 0.6) is 5.75 Å².